The van der Waals surface area contributed by atoms with Crippen LogP contribution in [-0.4, -0.2) is 48.8 Å². The highest BCUT2D eigenvalue weighted by Crippen LogP contribution is 2.44. The number of alkyl carbamates (subject to hydrolysis) is 1. The average molecular weight is 639 g/mol. The van der Waals surface area contributed by atoms with Gasteiger partial charge in [0.1, 0.15) is 6.61 Å². The standard InChI is InChI=1S/C38H47BN2O6/c1-24(2)34(41-36(44)45-23-32-30-16-10-8-14-28(30)29-15-9-11-17-31(29)32)33(42)18-12-13-25(3)35(43)40-27-21-19-26(20-22-27)39-46-37(4,5)38(6,7)47-39/h8-11,14-17,19-22,24-25,32,34H,12-13,18,23H2,1-7H3,(H,40,43)(H,41,44)/t25-,34+/m1/s1. The van der Waals surface area contributed by atoms with Gasteiger partial charge in [-0.25, -0.2) is 4.79 Å². The summed E-state index contributed by atoms with van der Waals surface area (Å²) in [5.41, 5.74) is 5.31. The number of rotatable bonds is 12. The monoisotopic (exact) mass is 638 g/mol. The lowest BCUT2D eigenvalue weighted by molar-refractivity contribution is -0.123. The summed E-state index contributed by atoms with van der Waals surface area (Å²) >= 11 is 0. The predicted octanol–water partition coefficient (Wildman–Crippen LogP) is 6.86. The van der Waals surface area contributed by atoms with Crippen LogP contribution in [0.5, 0.6) is 0 Å². The maximum atomic E-state index is 13.2. The molecule has 1 saturated heterocycles. The van der Waals surface area contributed by atoms with Crippen molar-refractivity contribution in [1.82, 2.24) is 5.32 Å². The topological polar surface area (TPSA) is 103 Å². The molecule has 1 aliphatic heterocycles. The number of carbonyl (C=O) groups is 3. The third-order valence-corrected chi connectivity index (χ3v) is 9.84. The van der Waals surface area contributed by atoms with Crippen LogP contribution in [0.25, 0.3) is 11.1 Å². The fraction of sp³-hybridized carbons (Fsp3) is 0.447. The van der Waals surface area contributed by atoms with Gasteiger partial charge in [0.15, 0.2) is 5.78 Å². The zero-order valence-electron chi connectivity index (χ0n) is 28.6. The minimum atomic E-state index is -0.669. The van der Waals surface area contributed by atoms with Gasteiger partial charge in [-0.1, -0.05) is 81.4 Å². The molecular weight excluding hydrogens is 591 g/mol. The maximum Gasteiger partial charge on any atom is 0.494 e. The van der Waals surface area contributed by atoms with Gasteiger partial charge in [-0.15, -0.1) is 0 Å². The van der Waals surface area contributed by atoms with Crippen molar-refractivity contribution in [3.05, 3.63) is 83.9 Å². The molecule has 1 aliphatic carbocycles. The van der Waals surface area contributed by atoms with Crippen LogP contribution in [0.1, 0.15) is 84.8 Å². The molecule has 8 nitrogen and oxygen atoms in total. The number of amides is 2. The highest BCUT2D eigenvalue weighted by molar-refractivity contribution is 6.62. The molecule has 47 heavy (non-hydrogen) atoms. The van der Waals surface area contributed by atoms with Gasteiger partial charge in [0.2, 0.25) is 5.91 Å². The van der Waals surface area contributed by atoms with Crippen LogP contribution in [-0.2, 0) is 23.6 Å². The minimum absolute atomic E-state index is 0.0536. The Balaban J connectivity index is 1.07. The van der Waals surface area contributed by atoms with E-state index in [1.54, 1.807) is 0 Å². The molecule has 0 aromatic heterocycles. The number of carbonyl (C=O) groups excluding carboxylic acids is 3. The molecule has 2 amide bonds. The van der Waals surface area contributed by atoms with Gasteiger partial charge in [0.05, 0.1) is 17.2 Å². The summed E-state index contributed by atoms with van der Waals surface area (Å²) in [5.74, 6) is -0.637. The van der Waals surface area contributed by atoms with Gasteiger partial charge in [-0.3, -0.25) is 9.59 Å². The van der Waals surface area contributed by atoms with Gasteiger partial charge in [0.25, 0.3) is 0 Å². The number of ether oxygens (including phenoxy) is 1. The molecular formula is C38H47BN2O6. The van der Waals surface area contributed by atoms with Gasteiger partial charge in [0, 0.05) is 23.9 Å². The van der Waals surface area contributed by atoms with E-state index in [-0.39, 0.29) is 42.5 Å². The largest absolute Gasteiger partial charge is 0.494 e. The summed E-state index contributed by atoms with van der Waals surface area (Å²) in [4.78, 5) is 39.0. The number of anilines is 1. The summed E-state index contributed by atoms with van der Waals surface area (Å²) in [6.45, 7) is 13.9. The fourth-order valence-corrected chi connectivity index (χ4v) is 6.22. The lowest BCUT2D eigenvalue weighted by atomic mass is 9.79. The number of Topliss-reactive ketones (excluding diaryl/α,β-unsaturated/α-hetero) is 1. The van der Waals surface area contributed by atoms with Gasteiger partial charge < -0.3 is 24.7 Å². The second kappa shape index (κ2) is 14.0. The number of hydrogen-bond acceptors (Lipinski definition) is 6. The van der Waals surface area contributed by atoms with Crippen LogP contribution in [0, 0.1) is 11.8 Å². The average Bonchev–Trinajstić information content (AvgIpc) is 3.47. The highest BCUT2D eigenvalue weighted by atomic mass is 16.7. The molecule has 3 aromatic carbocycles. The van der Waals surface area contributed by atoms with Crippen molar-refractivity contribution < 1.29 is 28.4 Å². The van der Waals surface area contributed by atoms with Crippen molar-refractivity contribution >= 4 is 36.1 Å². The zero-order valence-corrected chi connectivity index (χ0v) is 28.6. The molecule has 0 unspecified atom stereocenters. The second-order valence-electron chi connectivity index (χ2n) is 14.2. The van der Waals surface area contributed by atoms with Crippen molar-refractivity contribution in [2.75, 3.05) is 11.9 Å². The first-order valence-electron chi connectivity index (χ1n) is 16.7. The van der Waals surface area contributed by atoms with Crippen LogP contribution in [0.3, 0.4) is 0 Å². The maximum absolute atomic E-state index is 13.2. The summed E-state index contributed by atoms with van der Waals surface area (Å²) in [5, 5.41) is 5.78. The van der Waals surface area contributed by atoms with E-state index in [2.05, 4.69) is 34.9 Å². The molecule has 1 fully saturated rings. The van der Waals surface area contributed by atoms with Crippen LogP contribution < -0.4 is 16.1 Å². The van der Waals surface area contributed by atoms with E-state index < -0.39 is 30.5 Å². The van der Waals surface area contributed by atoms with Crippen LogP contribution >= 0.6 is 0 Å². The van der Waals surface area contributed by atoms with Crippen molar-refractivity contribution in [1.29, 1.82) is 0 Å². The zero-order chi connectivity index (χ0) is 33.9. The first kappa shape index (κ1) is 34.4. The van der Waals surface area contributed by atoms with Gasteiger partial charge >= 0.3 is 13.2 Å². The van der Waals surface area contributed by atoms with Gasteiger partial charge in [-0.2, -0.15) is 0 Å². The molecule has 2 N–H and O–H groups in total. The normalized spacial score (nSPS) is 17.5. The number of ketones is 1. The Morgan fingerprint density at radius 3 is 1.94 bits per heavy atom. The molecule has 9 heteroatoms. The van der Waals surface area contributed by atoms with Crippen molar-refractivity contribution in [2.24, 2.45) is 11.8 Å². The summed E-state index contributed by atoms with van der Waals surface area (Å²) in [7, 11) is -0.463. The third kappa shape index (κ3) is 7.63. The van der Waals surface area contributed by atoms with E-state index in [0.717, 1.165) is 27.7 Å². The fourth-order valence-electron chi connectivity index (χ4n) is 6.22. The second-order valence-corrected chi connectivity index (χ2v) is 14.2. The van der Waals surface area contributed by atoms with E-state index in [9.17, 15) is 14.4 Å². The Morgan fingerprint density at radius 1 is 0.830 bits per heavy atom. The number of hydrogen-bond donors (Lipinski definition) is 2. The quantitative estimate of drug-likeness (QED) is 0.210. The third-order valence-electron chi connectivity index (χ3n) is 9.84. The molecule has 248 valence electrons. The molecule has 3 aromatic rings. The number of nitrogens with one attached hydrogen (secondary N) is 2. The van der Waals surface area contributed by atoms with Crippen molar-refractivity contribution in [2.45, 2.75) is 90.9 Å². The van der Waals surface area contributed by atoms with Crippen molar-refractivity contribution in [3.8, 4) is 11.1 Å². The Hall–Kier alpha value is -3.95. The van der Waals surface area contributed by atoms with Crippen LogP contribution in [0.15, 0.2) is 72.8 Å². The predicted molar refractivity (Wildman–Crippen MR) is 186 cm³/mol. The summed E-state index contributed by atoms with van der Waals surface area (Å²) in [6.07, 6.45) is 0.729. The molecule has 2 atom stereocenters. The highest BCUT2D eigenvalue weighted by Gasteiger charge is 2.51. The number of benzene rings is 3. The molecule has 0 radical (unpaired) electrons. The van der Waals surface area contributed by atoms with E-state index in [4.69, 9.17) is 14.0 Å². The smallest absolute Gasteiger partial charge is 0.449 e. The Labute approximate surface area is 279 Å². The van der Waals surface area contributed by atoms with E-state index >= 15 is 0 Å². The Kier molecular flexibility index (Phi) is 10.3. The molecule has 5 rings (SSSR count). The molecule has 0 bridgehead atoms. The van der Waals surface area contributed by atoms with Crippen molar-refractivity contribution in [3.63, 3.8) is 0 Å². The number of fused-ring (bicyclic) bond motifs is 3. The lowest BCUT2D eigenvalue weighted by Crippen LogP contribution is -2.44. The van der Waals surface area contributed by atoms with Crippen LogP contribution in [0.2, 0.25) is 0 Å². The first-order chi connectivity index (χ1) is 22.3. The summed E-state index contributed by atoms with van der Waals surface area (Å²) in [6, 6.07) is 23.2. The molecule has 2 aliphatic rings. The Bertz CT molecular complexity index is 1540. The Morgan fingerprint density at radius 2 is 1.38 bits per heavy atom. The molecule has 0 saturated carbocycles. The van der Waals surface area contributed by atoms with Crippen LogP contribution in [0.4, 0.5) is 10.5 Å². The minimum Gasteiger partial charge on any atom is -0.449 e. The van der Waals surface area contributed by atoms with E-state index in [1.165, 1.54) is 0 Å². The molecule has 0 spiro atoms. The first-order valence-corrected chi connectivity index (χ1v) is 16.7. The van der Waals surface area contributed by atoms with E-state index in [0.29, 0.717) is 18.5 Å². The van der Waals surface area contributed by atoms with Gasteiger partial charge in [-0.05, 0) is 86.3 Å². The lowest BCUT2D eigenvalue weighted by Gasteiger charge is -2.32. The molecule has 1 heterocycles. The van der Waals surface area contributed by atoms with E-state index in [1.807, 2.05) is 97.0 Å². The summed E-state index contributed by atoms with van der Waals surface area (Å²) < 4.78 is 17.9. The SMILES string of the molecule is CC(C)[C@H](NC(=O)OCC1c2ccccc2-c2ccccc21)C(=O)CCC[C@@H](C)C(=O)Nc1ccc(B2OC(C)(C)C(C)(C)O2)cc1.